The summed E-state index contributed by atoms with van der Waals surface area (Å²) in [7, 11) is 0. The summed E-state index contributed by atoms with van der Waals surface area (Å²) in [5.41, 5.74) is 1.52. The highest BCUT2D eigenvalue weighted by molar-refractivity contribution is 5.73. The molecule has 0 saturated heterocycles. The molecule has 0 amide bonds. The third kappa shape index (κ3) is 2.77. The summed E-state index contributed by atoms with van der Waals surface area (Å²) < 4.78 is 3.00. The lowest BCUT2D eigenvalue weighted by atomic mass is 10.2. The lowest BCUT2D eigenvalue weighted by Crippen LogP contribution is -2.26. The molecule has 0 radical (unpaired) electrons. The molecule has 0 aliphatic rings. The minimum atomic E-state index is -0.143. The Morgan fingerprint density at radius 2 is 2.00 bits per heavy atom. The number of benzene rings is 1. The van der Waals surface area contributed by atoms with Crippen molar-refractivity contribution in [2.24, 2.45) is 0 Å². The first-order valence-corrected chi connectivity index (χ1v) is 6.55. The number of nitrogens with zero attached hydrogens (tertiary/aromatic N) is 3. The molecule has 104 valence electrons. The lowest BCUT2D eigenvalue weighted by molar-refractivity contribution is -0.104. The maximum atomic E-state index is 12.2. The molecule has 1 aromatic heterocycles. The first-order chi connectivity index (χ1) is 9.67. The molecule has 0 saturated carbocycles. The summed E-state index contributed by atoms with van der Waals surface area (Å²) in [5.74, 6) is 0. The van der Waals surface area contributed by atoms with Crippen LogP contribution in [0.2, 0.25) is 0 Å². The van der Waals surface area contributed by atoms with Crippen molar-refractivity contribution in [1.82, 2.24) is 14.3 Å². The Morgan fingerprint density at radius 3 is 2.60 bits per heavy atom. The van der Waals surface area contributed by atoms with Crippen LogP contribution < -0.4 is 5.69 Å². The number of aromatic nitrogens is 3. The van der Waals surface area contributed by atoms with Gasteiger partial charge in [-0.2, -0.15) is 5.10 Å². The molecule has 5 heteroatoms. The first-order valence-electron chi connectivity index (χ1n) is 6.55. The number of allylic oxidation sites excluding steroid dienone is 1. The molecule has 1 heterocycles. The molecule has 1 unspecified atom stereocenters. The van der Waals surface area contributed by atoms with Gasteiger partial charge in [-0.1, -0.05) is 25.1 Å². The Balaban J connectivity index is 2.33. The van der Waals surface area contributed by atoms with Crippen molar-refractivity contribution in [1.29, 1.82) is 0 Å². The number of hydrogen-bond acceptors (Lipinski definition) is 3. The van der Waals surface area contributed by atoms with Crippen LogP contribution in [0.3, 0.4) is 0 Å². The van der Waals surface area contributed by atoms with Crippen LogP contribution in [0, 0.1) is 0 Å². The molecule has 0 spiro atoms. The lowest BCUT2D eigenvalue weighted by Gasteiger charge is -2.06. The van der Waals surface area contributed by atoms with Crippen LogP contribution in [0.15, 0.2) is 41.5 Å². The maximum absolute atomic E-state index is 12.2. The van der Waals surface area contributed by atoms with Crippen molar-refractivity contribution in [3.8, 4) is 5.69 Å². The van der Waals surface area contributed by atoms with Crippen molar-refractivity contribution in [3.63, 3.8) is 0 Å². The molecule has 1 atom stereocenters. The molecular weight excluding hydrogens is 254 g/mol. The van der Waals surface area contributed by atoms with Crippen LogP contribution in [0.25, 0.3) is 11.8 Å². The van der Waals surface area contributed by atoms with Crippen molar-refractivity contribution in [3.05, 3.63) is 52.7 Å². The Labute approximate surface area is 117 Å². The number of rotatable bonds is 5. The first kappa shape index (κ1) is 14.0. The van der Waals surface area contributed by atoms with Gasteiger partial charge in [0.1, 0.15) is 12.6 Å². The van der Waals surface area contributed by atoms with Crippen LogP contribution in [0.5, 0.6) is 0 Å². The molecular formula is C15H17N3O2. The van der Waals surface area contributed by atoms with Crippen LogP contribution in [-0.4, -0.2) is 20.6 Å². The molecule has 2 rings (SSSR count). The topological polar surface area (TPSA) is 56.9 Å². The molecule has 20 heavy (non-hydrogen) atoms. The summed E-state index contributed by atoms with van der Waals surface area (Å²) >= 11 is 0. The Hall–Kier alpha value is -2.43. The Bertz CT molecular complexity index is 665. The van der Waals surface area contributed by atoms with E-state index < -0.39 is 0 Å². The standard InChI is InChI=1S/C15H17N3O2/c1-3-12(2)18-15(20)17(11-16-18)14-8-6-13(7-9-14)5-4-10-19/h4-12H,3H2,1-2H3. The smallest absolute Gasteiger partial charge is 0.299 e. The fourth-order valence-electron chi connectivity index (χ4n) is 1.87. The van der Waals surface area contributed by atoms with E-state index in [9.17, 15) is 9.59 Å². The van der Waals surface area contributed by atoms with Crippen LogP contribution >= 0.6 is 0 Å². The van der Waals surface area contributed by atoms with Gasteiger partial charge < -0.3 is 0 Å². The molecule has 0 N–H and O–H groups in total. The zero-order valence-electron chi connectivity index (χ0n) is 11.6. The Kier molecular flexibility index (Phi) is 4.30. The zero-order valence-corrected chi connectivity index (χ0v) is 11.6. The largest absolute Gasteiger partial charge is 0.350 e. The Morgan fingerprint density at radius 1 is 1.30 bits per heavy atom. The summed E-state index contributed by atoms with van der Waals surface area (Å²) in [4.78, 5) is 22.5. The monoisotopic (exact) mass is 271 g/mol. The predicted octanol–water partition coefficient (Wildman–Crippen LogP) is 2.22. The van der Waals surface area contributed by atoms with E-state index in [1.165, 1.54) is 21.7 Å². The molecule has 0 aliphatic carbocycles. The normalized spacial score (nSPS) is 12.7. The van der Waals surface area contributed by atoms with Gasteiger partial charge in [-0.3, -0.25) is 4.79 Å². The summed E-state index contributed by atoms with van der Waals surface area (Å²) in [6.45, 7) is 3.98. The van der Waals surface area contributed by atoms with E-state index in [-0.39, 0.29) is 11.7 Å². The van der Waals surface area contributed by atoms with Crippen LogP contribution in [0.1, 0.15) is 31.9 Å². The van der Waals surface area contributed by atoms with Gasteiger partial charge in [-0.25, -0.2) is 14.0 Å². The van der Waals surface area contributed by atoms with E-state index >= 15 is 0 Å². The molecule has 1 aromatic carbocycles. The van der Waals surface area contributed by atoms with E-state index in [1.807, 2.05) is 38.1 Å². The van der Waals surface area contributed by atoms with E-state index in [1.54, 1.807) is 6.08 Å². The summed E-state index contributed by atoms with van der Waals surface area (Å²) in [6.07, 6.45) is 6.26. The second kappa shape index (κ2) is 6.14. The van der Waals surface area contributed by atoms with Crippen LogP contribution in [-0.2, 0) is 4.79 Å². The van der Waals surface area contributed by atoms with Crippen molar-refractivity contribution in [2.45, 2.75) is 26.3 Å². The maximum Gasteiger partial charge on any atom is 0.350 e. The van der Waals surface area contributed by atoms with E-state index in [4.69, 9.17) is 0 Å². The fraction of sp³-hybridized carbons (Fsp3) is 0.267. The second-order valence-electron chi connectivity index (χ2n) is 4.57. The van der Waals surface area contributed by atoms with Gasteiger partial charge in [0.05, 0.1) is 11.7 Å². The summed E-state index contributed by atoms with van der Waals surface area (Å²) in [5, 5.41) is 4.14. The SMILES string of the molecule is CCC(C)n1ncn(-c2ccc(C=CC=O)cc2)c1=O. The van der Waals surface area contributed by atoms with Crippen molar-refractivity contribution < 1.29 is 4.79 Å². The van der Waals surface area contributed by atoms with Gasteiger partial charge >= 0.3 is 5.69 Å². The van der Waals surface area contributed by atoms with E-state index in [0.29, 0.717) is 0 Å². The highest BCUT2D eigenvalue weighted by Crippen LogP contribution is 2.10. The number of carbonyl (C=O) groups excluding carboxylic acids is 1. The van der Waals surface area contributed by atoms with E-state index in [2.05, 4.69) is 5.10 Å². The summed E-state index contributed by atoms with van der Waals surface area (Å²) in [6, 6.07) is 7.44. The predicted molar refractivity (Wildman–Crippen MR) is 77.9 cm³/mol. The van der Waals surface area contributed by atoms with Gasteiger partial charge in [-0.05, 0) is 37.1 Å². The van der Waals surface area contributed by atoms with E-state index in [0.717, 1.165) is 24.0 Å². The third-order valence-electron chi connectivity index (χ3n) is 3.24. The minimum absolute atomic E-state index is 0.0820. The number of hydrogen-bond donors (Lipinski definition) is 0. The molecule has 5 nitrogen and oxygen atoms in total. The molecule has 0 fully saturated rings. The highest BCUT2D eigenvalue weighted by atomic mass is 16.2. The van der Waals surface area contributed by atoms with Gasteiger partial charge in [0.2, 0.25) is 0 Å². The molecule has 0 bridgehead atoms. The quantitative estimate of drug-likeness (QED) is 0.619. The van der Waals surface area contributed by atoms with Gasteiger partial charge in [-0.15, -0.1) is 0 Å². The second-order valence-corrected chi connectivity index (χ2v) is 4.57. The minimum Gasteiger partial charge on any atom is -0.299 e. The molecule has 2 aromatic rings. The van der Waals surface area contributed by atoms with Crippen molar-refractivity contribution >= 4 is 12.4 Å². The van der Waals surface area contributed by atoms with Gasteiger partial charge in [0.25, 0.3) is 0 Å². The average Bonchev–Trinajstić information content (AvgIpc) is 2.86. The average molecular weight is 271 g/mol. The van der Waals surface area contributed by atoms with Gasteiger partial charge in [0, 0.05) is 0 Å². The fourth-order valence-corrected chi connectivity index (χ4v) is 1.87. The van der Waals surface area contributed by atoms with Crippen molar-refractivity contribution in [2.75, 3.05) is 0 Å². The highest BCUT2D eigenvalue weighted by Gasteiger charge is 2.10. The van der Waals surface area contributed by atoms with Gasteiger partial charge in [0.15, 0.2) is 0 Å². The molecule has 0 aliphatic heterocycles. The zero-order chi connectivity index (χ0) is 14.5. The third-order valence-corrected chi connectivity index (χ3v) is 3.24. The number of carbonyl (C=O) groups is 1. The number of aldehydes is 1. The van der Waals surface area contributed by atoms with Crippen LogP contribution in [0.4, 0.5) is 0 Å².